The average molecular weight is 389 g/mol. The number of hydrogen-bond donors (Lipinski definition) is 1. The standard InChI is InChI=1S/C23H23N3O3/c1-13-8-9-17(10-14(13)2)26-23-21(15(3)25-26)19(12-20(27)24-23)22(28)16-6-5-7-18(11-16)29-4/h5-11,19H,12H2,1-4H3,(H,24,27). The molecule has 0 fully saturated rings. The minimum absolute atomic E-state index is 0.0997. The van der Waals surface area contributed by atoms with E-state index in [1.54, 1.807) is 36.1 Å². The minimum atomic E-state index is -0.578. The number of aryl methyl sites for hydroxylation is 3. The summed E-state index contributed by atoms with van der Waals surface area (Å²) in [5.41, 5.74) is 5.20. The zero-order valence-corrected chi connectivity index (χ0v) is 16.9. The van der Waals surface area contributed by atoms with Crippen LogP contribution in [0.15, 0.2) is 42.5 Å². The van der Waals surface area contributed by atoms with E-state index >= 15 is 0 Å². The van der Waals surface area contributed by atoms with E-state index < -0.39 is 5.92 Å². The lowest BCUT2D eigenvalue weighted by Gasteiger charge is -2.23. The van der Waals surface area contributed by atoms with Gasteiger partial charge in [0.05, 0.1) is 24.4 Å². The molecule has 1 amide bonds. The van der Waals surface area contributed by atoms with Gasteiger partial charge in [-0.3, -0.25) is 9.59 Å². The van der Waals surface area contributed by atoms with Crippen molar-refractivity contribution in [3.63, 3.8) is 0 Å². The molecule has 2 aromatic carbocycles. The van der Waals surface area contributed by atoms with Gasteiger partial charge in [0.15, 0.2) is 5.78 Å². The molecule has 1 aliphatic rings. The molecule has 1 atom stereocenters. The van der Waals surface area contributed by atoms with Crippen LogP contribution in [0.4, 0.5) is 5.82 Å². The van der Waals surface area contributed by atoms with Crippen molar-refractivity contribution in [1.29, 1.82) is 0 Å². The summed E-state index contributed by atoms with van der Waals surface area (Å²) in [7, 11) is 1.56. The number of hydrogen-bond acceptors (Lipinski definition) is 4. The lowest BCUT2D eigenvalue weighted by molar-refractivity contribution is -0.116. The Bertz CT molecular complexity index is 1130. The third-order valence-corrected chi connectivity index (χ3v) is 5.51. The number of ketones is 1. The fourth-order valence-corrected chi connectivity index (χ4v) is 3.79. The first-order valence-electron chi connectivity index (χ1n) is 9.54. The van der Waals surface area contributed by atoms with Gasteiger partial charge in [-0.2, -0.15) is 5.10 Å². The number of fused-ring (bicyclic) bond motifs is 1. The van der Waals surface area contributed by atoms with Gasteiger partial charge in [-0.05, 0) is 56.2 Å². The van der Waals surface area contributed by atoms with E-state index in [0.29, 0.717) is 17.1 Å². The first-order valence-corrected chi connectivity index (χ1v) is 9.54. The highest BCUT2D eigenvalue weighted by Gasteiger charge is 2.36. The molecule has 1 unspecified atom stereocenters. The summed E-state index contributed by atoms with van der Waals surface area (Å²) >= 11 is 0. The summed E-state index contributed by atoms with van der Waals surface area (Å²) in [4.78, 5) is 25.8. The Kier molecular flexibility index (Phi) is 4.70. The monoisotopic (exact) mass is 389 g/mol. The Hall–Kier alpha value is -3.41. The highest BCUT2D eigenvalue weighted by atomic mass is 16.5. The average Bonchev–Trinajstić information content (AvgIpc) is 3.05. The molecule has 0 spiro atoms. The molecule has 3 aromatic rings. The maximum Gasteiger partial charge on any atom is 0.226 e. The van der Waals surface area contributed by atoms with Crippen LogP contribution in [-0.4, -0.2) is 28.6 Å². The van der Waals surface area contributed by atoms with Crippen LogP contribution in [0.2, 0.25) is 0 Å². The Labute approximate surface area is 169 Å². The van der Waals surface area contributed by atoms with Gasteiger partial charge in [0.1, 0.15) is 11.6 Å². The Morgan fingerprint density at radius 3 is 2.66 bits per heavy atom. The number of ether oxygens (including phenoxy) is 1. The molecule has 4 rings (SSSR count). The second-order valence-electron chi connectivity index (χ2n) is 7.43. The molecule has 0 aliphatic carbocycles. The number of amides is 1. The van der Waals surface area contributed by atoms with Gasteiger partial charge in [-0.15, -0.1) is 0 Å². The number of anilines is 1. The first-order chi connectivity index (χ1) is 13.9. The number of rotatable bonds is 4. The molecule has 0 saturated carbocycles. The Morgan fingerprint density at radius 1 is 1.14 bits per heavy atom. The second kappa shape index (κ2) is 7.20. The van der Waals surface area contributed by atoms with Crippen LogP contribution in [0.5, 0.6) is 5.75 Å². The number of nitrogens with one attached hydrogen (secondary N) is 1. The van der Waals surface area contributed by atoms with Gasteiger partial charge in [0.2, 0.25) is 5.91 Å². The van der Waals surface area contributed by atoms with Crippen molar-refractivity contribution in [2.24, 2.45) is 0 Å². The number of methoxy groups -OCH3 is 1. The highest BCUT2D eigenvalue weighted by molar-refractivity contribution is 6.08. The van der Waals surface area contributed by atoms with Crippen LogP contribution in [0.3, 0.4) is 0 Å². The Morgan fingerprint density at radius 2 is 1.93 bits per heavy atom. The summed E-state index contributed by atoms with van der Waals surface area (Å²) in [6.07, 6.45) is 0.0997. The molecular weight excluding hydrogens is 366 g/mol. The van der Waals surface area contributed by atoms with E-state index in [4.69, 9.17) is 4.74 Å². The lowest BCUT2D eigenvalue weighted by atomic mass is 9.85. The molecular formula is C23H23N3O3. The fraction of sp³-hybridized carbons (Fsp3) is 0.261. The van der Waals surface area contributed by atoms with E-state index in [1.165, 1.54) is 5.56 Å². The minimum Gasteiger partial charge on any atom is -0.497 e. The third kappa shape index (κ3) is 3.31. The summed E-state index contributed by atoms with van der Waals surface area (Å²) in [5, 5.41) is 7.58. The zero-order valence-electron chi connectivity index (χ0n) is 16.9. The molecule has 0 bridgehead atoms. The van der Waals surface area contributed by atoms with Gasteiger partial charge < -0.3 is 10.1 Å². The number of nitrogens with zero attached hydrogens (tertiary/aromatic N) is 2. The Balaban J connectivity index is 1.81. The van der Waals surface area contributed by atoms with Gasteiger partial charge in [-0.1, -0.05) is 18.2 Å². The van der Waals surface area contributed by atoms with Gasteiger partial charge in [0, 0.05) is 17.5 Å². The molecule has 1 aliphatic heterocycles. The van der Waals surface area contributed by atoms with E-state index in [0.717, 1.165) is 22.5 Å². The highest BCUT2D eigenvalue weighted by Crippen LogP contribution is 2.38. The van der Waals surface area contributed by atoms with Crippen molar-refractivity contribution in [2.75, 3.05) is 12.4 Å². The summed E-state index contributed by atoms with van der Waals surface area (Å²) in [6, 6.07) is 13.0. The van der Waals surface area contributed by atoms with E-state index in [-0.39, 0.29) is 18.1 Å². The number of carbonyl (C=O) groups excluding carboxylic acids is 2. The predicted octanol–water partition coefficient (Wildman–Crippen LogP) is 4.11. The lowest BCUT2D eigenvalue weighted by Crippen LogP contribution is -2.28. The summed E-state index contributed by atoms with van der Waals surface area (Å²) in [6.45, 7) is 5.96. The largest absolute Gasteiger partial charge is 0.497 e. The molecule has 6 heteroatoms. The van der Waals surface area contributed by atoms with Gasteiger partial charge in [0.25, 0.3) is 0 Å². The topological polar surface area (TPSA) is 73.2 Å². The molecule has 1 N–H and O–H groups in total. The van der Waals surface area contributed by atoms with Gasteiger partial charge >= 0.3 is 0 Å². The van der Waals surface area contributed by atoms with Crippen LogP contribution >= 0.6 is 0 Å². The quantitative estimate of drug-likeness (QED) is 0.682. The van der Waals surface area contributed by atoms with Crippen molar-refractivity contribution in [3.8, 4) is 11.4 Å². The van der Waals surface area contributed by atoms with Crippen LogP contribution in [0, 0.1) is 20.8 Å². The van der Waals surface area contributed by atoms with Crippen LogP contribution < -0.4 is 10.1 Å². The molecule has 6 nitrogen and oxygen atoms in total. The second-order valence-corrected chi connectivity index (χ2v) is 7.43. The fourth-order valence-electron chi connectivity index (χ4n) is 3.79. The van der Waals surface area contributed by atoms with E-state index in [9.17, 15) is 9.59 Å². The van der Waals surface area contributed by atoms with Crippen molar-refractivity contribution in [1.82, 2.24) is 9.78 Å². The van der Waals surface area contributed by atoms with E-state index in [2.05, 4.69) is 10.4 Å². The maximum atomic E-state index is 13.3. The molecule has 1 aromatic heterocycles. The maximum absolute atomic E-state index is 13.3. The number of carbonyl (C=O) groups is 2. The molecule has 2 heterocycles. The zero-order chi connectivity index (χ0) is 20.7. The first kappa shape index (κ1) is 18.9. The summed E-state index contributed by atoms with van der Waals surface area (Å²) in [5.74, 6) is 0.305. The molecule has 148 valence electrons. The van der Waals surface area contributed by atoms with Crippen molar-refractivity contribution in [3.05, 3.63) is 70.4 Å². The smallest absolute Gasteiger partial charge is 0.226 e. The molecule has 0 saturated heterocycles. The predicted molar refractivity (Wildman–Crippen MR) is 111 cm³/mol. The van der Waals surface area contributed by atoms with Crippen molar-refractivity contribution < 1.29 is 14.3 Å². The van der Waals surface area contributed by atoms with Crippen LogP contribution in [0.1, 0.15) is 45.1 Å². The van der Waals surface area contributed by atoms with Gasteiger partial charge in [-0.25, -0.2) is 4.68 Å². The van der Waals surface area contributed by atoms with Crippen molar-refractivity contribution >= 4 is 17.5 Å². The third-order valence-electron chi connectivity index (χ3n) is 5.51. The van der Waals surface area contributed by atoms with Crippen LogP contribution in [0.25, 0.3) is 5.69 Å². The molecule has 0 radical (unpaired) electrons. The SMILES string of the molecule is COc1cccc(C(=O)C2CC(=O)Nc3c2c(C)nn3-c2ccc(C)c(C)c2)c1. The van der Waals surface area contributed by atoms with Crippen molar-refractivity contribution in [2.45, 2.75) is 33.1 Å². The normalized spacial score (nSPS) is 15.6. The number of benzene rings is 2. The summed E-state index contributed by atoms with van der Waals surface area (Å²) < 4.78 is 6.96. The number of aromatic nitrogens is 2. The molecule has 29 heavy (non-hydrogen) atoms. The van der Waals surface area contributed by atoms with Crippen LogP contribution in [-0.2, 0) is 4.79 Å². The van der Waals surface area contributed by atoms with E-state index in [1.807, 2.05) is 39.0 Å². The number of Topliss-reactive ketones (excluding diaryl/α,β-unsaturated/α-hetero) is 1.